The number of benzene rings is 2. The van der Waals surface area contributed by atoms with E-state index in [0.717, 1.165) is 28.1 Å². The molecule has 1 saturated carbocycles. The molecular weight excluding hydrogens is 490 g/mol. The number of methoxy groups -OCH3 is 1. The number of amides is 2. The van der Waals surface area contributed by atoms with E-state index in [1.54, 1.807) is 12.0 Å². The van der Waals surface area contributed by atoms with E-state index in [1.165, 1.54) is 18.4 Å². The molecule has 9 nitrogen and oxygen atoms in total. The van der Waals surface area contributed by atoms with Gasteiger partial charge in [0.05, 0.1) is 31.2 Å². The number of rotatable bonds is 11. The summed E-state index contributed by atoms with van der Waals surface area (Å²) in [5, 5.41) is 1.07. The van der Waals surface area contributed by atoms with Crippen LogP contribution < -0.4 is 9.57 Å². The molecule has 0 bridgehead atoms. The van der Waals surface area contributed by atoms with E-state index < -0.39 is 37.4 Å². The fourth-order valence-corrected chi connectivity index (χ4v) is 6.84. The van der Waals surface area contributed by atoms with Crippen LogP contribution in [0.3, 0.4) is 0 Å². The van der Waals surface area contributed by atoms with E-state index in [0.29, 0.717) is 18.9 Å². The molecule has 2 amide bonds. The van der Waals surface area contributed by atoms with Gasteiger partial charge in [-0.2, -0.15) is 0 Å². The van der Waals surface area contributed by atoms with Crippen LogP contribution in [0.5, 0.6) is 5.75 Å². The van der Waals surface area contributed by atoms with E-state index >= 15 is 0 Å². The van der Waals surface area contributed by atoms with Gasteiger partial charge in [-0.1, -0.05) is 36.4 Å². The predicted octanol–water partition coefficient (Wildman–Crippen LogP) is 2.47. The van der Waals surface area contributed by atoms with Crippen LogP contribution in [0.15, 0.2) is 48.5 Å². The molecule has 1 saturated heterocycles. The third-order valence-corrected chi connectivity index (χ3v) is 8.80. The van der Waals surface area contributed by atoms with Crippen molar-refractivity contribution in [3.63, 3.8) is 0 Å². The predicted molar refractivity (Wildman–Crippen MR) is 133 cm³/mol. The molecule has 4 rings (SSSR count). The van der Waals surface area contributed by atoms with Gasteiger partial charge in [0.1, 0.15) is 15.6 Å². The molecular formula is C24H31N3O6S2. The molecule has 1 aliphatic heterocycles. The first-order valence-corrected chi connectivity index (χ1v) is 15.2. The first kappa shape index (κ1) is 25.5. The third kappa shape index (κ3) is 6.74. The molecule has 2 aliphatic rings. The van der Waals surface area contributed by atoms with Crippen molar-refractivity contribution >= 4 is 25.9 Å². The summed E-state index contributed by atoms with van der Waals surface area (Å²) in [5.74, 6) is 0.229. The minimum atomic E-state index is -4.01. The highest BCUT2D eigenvalue weighted by atomic mass is 32.2. The largest absolute Gasteiger partial charge is 0.497 e. The van der Waals surface area contributed by atoms with Crippen molar-refractivity contribution in [2.75, 3.05) is 38.0 Å². The maximum absolute atomic E-state index is 13.3. The number of hydrogen-bond acceptors (Lipinski definition) is 6. The highest BCUT2D eigenvalue weighted by molar-refractivity contribution is 7.93. The lowest BCUT2D eigenvalue weighted by molar-refractivity contribution is 0.182. The maximum Gasteiger partial charge on any atom is 0.335 e. The number of sulfone groups is 1. The van der Waals surface area contributed by atoms with Crippen molar-refractivity contribution in [3.8, 4) is 5.75 Å². The maximum atomic E-state index is 13.3. The lowest BCUT2D eigenvalue weighted by atomic mass is 10.0. The monoisotopic (exact) mass is 521 g/mol. The Bertz CT molecular complexity index is 1260. The Labute approximate surface area is 207 Å². The van der Waals surface area contributed by atoms with Crippen LogP contribution in [0.2, 0.25) is 0 Å². The Kier molecular flexibility index (Phi) is 7.39. The minimum Gasteiger partial charge on any atom is -0.497 e. The second kappa shape index (κ2) is 10.2. The van der Waals surface area contributed by atoms with Gasteiger partial charge < -0.3 is 9.64 Å². The molecule has 1 N–H and O–H groups in total. The summed E-state index contributed by atoms with van der Waals surface area (Å²) in [6.07, 6.45) is 3.95. The van der Waals surface area contributed by atoms with Crippen molar-refractivity contribution < 1.29 is 26.4 Å². The number of hydrogen-bond donors (Lipinski definition) is 1. The first-order valence-electron chi connectivity index (χ1n) is 11.5. The summed E-state index contributed by atoms with van der Waals surface area (Å²) >= 11 is 0. The van der Waals surface area contributed by atoms with Gasteiger partial charge in [-0.25, -0.2) is 26.6 Å². The molecule has 2 aromatic carbocycles. The highest BCUT2D eigenvalue weighted by Crippen LogP contribution is 2.40. The number of carbonyl (C=O) groups is 1. The van der Waals surface area contributed by atoms with Gasteiger partial charge >= 0.3 is 6.03 Å². The van der Waals surface area contributed by atoms with Gasteiger partial charge in [-0.3, -0.25) is 0 Å². The summed E-state index contributed by atoms with van der Waals surface area (Å²) in [6.45, 7) is 0.518. The molecule has 2 fully saturated rings. The van der Waals surface area contributed by atoms with Gasteiger partial charge in [0.25, 0.3) is 0 Å². The van der Waals surface area contributed by atoms with E-state index in [9.17, 15) is 21.6 Å². The van der Waals surface area contributed by atoms with Crippen molar-refractivity contribution in [2.45, 2.75) is 31.2 Å². The Morgan fingerprint density at radius 2 is 1.57 bits per heavy atom. The summed E-state index contributed by atoms with van der Waals surface area (Å²) in [4.78, 5) is 17.2. The van der Waals surface area contributed by atoms with Crippen molar-refractivity contribution in [1.82, 2.24) is 14.7 Å². The fraction of sp³-hybridized carbons (Fsp3) is 0.458. The van der Waals surface area contributed by atoms with E-state index in [1.807, 2.05) is 36.4 Å². The first-order chi connectivity index (χ1) is 16.5. The van der Waals surface area contributed by atoms with Crippen LogP contribution >= 0.6 is 0 Å². The van der Waals surface area contributed by atoms with Crippen LogP contribution in [-0.2, 0) is 26.3 Å². The summed E-state index contributed by atoms with van der Waals surface area (Å²) in [5.41, 5.74) is 3.23. The standard InChI is InChI=1S/C24H31N3O6S2/c1-33-22-11-3-18(4-12-22)13-14-26-23(21-9-7-20(8-10-21)19-5-6-19)17-27(24(26)28)25-35(31,32)16-15-34(2,29)30/h3-4,7-12,19,23,25H,5-6,13-17H2,1-2H3. The van der Waals surface area contributed by atoms with Crippen LogP contribution in [-0.4, -0.2) is 70.7 Å². The van der Waals surface area contributed by atoms with Crippen LogP contribution in [0, 0.1) is 0 Å². The number of sulfonamides is 1. The zero-order valence-electron chi connectivity index (χ0n) is 19.9. The average molecular weight is 522 g/mol. The van der Waals surface area contributed by atoms with Crippen molar-refractivity contribution in [3.05, 3.63) is 65.2 Å². The van der Waals surface area contributed by atoms with Gasteiger partial charge in [-0.05, 0) is 54.0 Å². The molecule has 2 aromatic rings. The van der Waals surface area contributed by atoms with Crippen molar-refractivity contribution in [1.29, 1.82) is 0 Å². The van der Waals surface area contributed by atoms with Crippen molar-refractivity contribution in [2.24, 2.45) is 0 Å². The van der Waals surface area contributed by atoms with E-state index in [4.69, 9.17) is 4.74 Å². The lowest BCUT2D eigenvalue weighted by Crippen LogP contribution is -2.46. The van der Waals surface area contributed by atoms with Gasteiger partial charge in [-0.15, -0.1) is 4.83 Å². The van der Waals surface area contributed by atoms with Gasteiger partial charge in [0.2, 0.25) is 10.0 Å². The SMILES string of the molecule is COc1ccc(CCN2C(=O)N(NS(=O)(=O)CCS(C)(=O)=O)CC2c2ccc(C3CC3)cc2)cc1. The summed E-state index contributed by atoms with van der Waals surface area (Å²) in [7, 11) is -5.87. The quantitative estimate of drug-likeness (QED) is 0.486. The third-order valence-electron chi connectivity index (χ3n) is 6.35. The second-order valence-corrected chi connectivity index (χ2v) is 13.3. The van der Waals surface area contributed by atoms with Crippen LogP contribution in [0.4, 0.5) is 4.79 Å². The Morgan fingerprint density at radius 1 is 0.943 bits per heavy atom. The molecule has 1 heterocycles. The molecule has 190 valence electrons. The number of urea groups is 1. The fourth-order valence-electron chi connectivity index (χ4n) is 4.17. The van der Waals surface area contributed by atoms with Gasteiger partial charge in [0, 0.05) is 12.8 Å². The number of nitrogens with zero attached hydrogens (tertiary/aromatic N) is 2. The number of hydrazine groups is 1. The van der Waals surface area contributed by atoms with Gasteiger partial charge in [0.15, 0.2) is 0 Å². The lowest BCUT2D eigenvalue weighted by Gasteiger charge is -2.23. The molecule has 35 heavy (non-hydrogen) atoms. The normalized spacial score (nSPS) is 18.8. The zero-order valence-corrected chi connectivity index (χ0v) is 21.5. The number of nitrogens with one attached hydrogen (secondary N) is 1. The Balaban J connectivity index is 1.51. The molecule has 1 unspecified atom stereocenters. The van der Waals surface area contributed by atoms with E-state index in [2.05, 4.69) is 17.0 Å². The molecule has 0 aromatic heterocycles. The summed E-state index contributed by atoms with van der Waals surface area (Å²) in [6, 6.07) is 15.0. The smallest absolute Gasteiger partial charge is 0.335 e. The number of ether oxygens (including phenoxy) is 1. The topological polar surface area (TPSA) is 113 Å². The molecule has 11 heteroatoms. The number of carbonyl (C=O) groups excluding carboxylic acids is 1. The Morgan fingerprint density at radius 3 is 2.14 bits per heavy atom. The molecule has 1 atom stereocenters. The zero-order chi connectivity index (χ0) is 25.2. The van der Waals surface area contributed by atoms with Crippen LogP contribution in [0.25, 0.3) is 0 Å². The van der Waals surface area contributed by atoms with E-state index in [-0.39, 0.29) is 12.6 Å². The minimum absolute atomic E-state index is 0.127. The average Bonchev–Trinajstić information content (AvgIpc) is 3.63. The van der Waals surface area contributed by atoms with Crippen LogP contribution in [0.1, 0.15) is 41.5 Å². The molecule has 0 radical (unpaired) electrons. The highest BCUT2D eigenvalue weighted by Gasteiger charge is 2.40. The second-order valence-electron chi connectivity index (χ2n) is 9.18. The molecule has 0 spiro atoms. The summed E-state index contributed by atoms with van der Waals surface area (Å²) < 4.78 is 53.0. The Hall–Kier alpha value is -2.63. The molecule has 1 aliphatic carbocycles.